The first-order chi connectivity index (χ1) is 6.32. The number of hydrogen-bond acceptors (Lipinski definition) is 4. The second-order valence-corrected chi connectivity index (χ2v) is 5.79. The first-order valence-electron chi connectivity index (χ1n) is 4.65. The molecule has 0 aromatic heterocycles. The van der Waals surface area contributed by atoms with Crippen LogP contribution in [0.2, 0.25) is 0 Å². The van der Waals surface area contributed by atoms with Gasteiger partial charge in [-0.15, -0.1) is 0 Å². The van der Waals surface area contributed by atoms with Crippen molar-refractivity contribution in [2.24, 2.45) is 5.92 Å². The average molecular weight is 222 g/mol. The predicted octanol–water partition coefficient (Wildman–Crippen LogP) is 1.32. The Kier molecular flexibility index (Phi) is 2.29. The molecular formula is C8H15O5P. The summed E-state index contributed by atoms with van der Waals surface area (Å²) in [7, 11) is -3.83. The molecule has 14 heavy (non-hydrogen) atoms. The summed E-state index contributed by atoms with van der Waals surface area (Å²) in [5.41, 5.74) is -0.330. The molecule has 0 amide bonds. The molecule has 2 aliphatic rings. The van der Waals surface area contributed by atoms with E-state index in [9.17, 15) is 4.57 Å². The van der Waals surface area contributed by atoms with Crippen molar-refractivity contribution >= 4 is 7.82 Å². The van der Waals surface area contributed by atoms with E-state index in [0.717, 1.165) is 0 Å². The van der Waals surface area contributed by atoms with Gasteiger partial charge < -0.3 is 9.63 Å². The van der Waals surface area contributed by atoms with Crippen LogP contribution in [-0.4, -0.2) is 29.3 Å². The summed E-state index contributed by atoms with van der Waals surface area (Å²) in [5, 5.41) is 0. The van der Waals surface area contributed by atoms with Crippen molar-refractivity contribution in [3.05, 3.63) is 0 Å². The summed E-state index contributed by atoms with van der Waals surface area (Å²) < 4.78 is 26.6. The van der Waals surface area contributed by atoms with Gasteiger partial charge in [-0.2, -0.15) is 0 Å². The first-order valence-corrected chi connectivity index (χ1v) is 6.15. The van der Waals surface area contributed by atoms with E-state index in [2.05, 4.69) is 4.52 Å². The molecule has 0 saturated carbocycles. The smallest absolute Gasteiger partial charge is 0.367 e. The maximum Gasteiger partial charge on any atom is 0.472 e. The Labute approximate surface area is 83.0 Å². The van der Waals surface area contributed by atoms with Gasteiger partial charge in [0, 0.05) is 5.92 Å². The maximum absolute atomic E-state index is 11.2. The van der Waals surface area contributed by atoms with Crippen LogP contribution in [0.1, 0.15) is 20.8 Å². The highest BCUT2D eigenvalue weighted by Gasteiger charge is 2.53. The molecule has 6 heteroatoms. The topological polar surface area (TPSA) is 65.0 Å². The lowest BCUT2D eigenvalue weighted by molar-refractivity contribution is -0.0754. The predicted molar refractivity (Wildman–Crippen MR) is 48.8 cm³/mol. The van der Waals surface area contributed by atoms with E-state index in [4.69, 9.17) is 14.2 Å². The van der Waals surface area contributed by atoms with Gasteiger partial charge in [-0.1, -0.05) is 6.92 Å². The molecule has 2 heterocycles. The Bertz CT molecular complexity index is 289. The number of ether oxygens (including phenoxy) is 1. The van der Waals surface area contributed by atoms with Gasteiger partial charge in [-0.25, -0.2) is 4.57 Å². The van der Waals surface area contributed by atoms with Crippen LogP contribution in [0, 0.1) is 5.92 Å². The molecule has 4 atom stereocenters. The Morgan fingerprint density at radius 1 is 1.50 bits per heavy atom. The third-order valence-electron chi connectivity index (χ3n) is 3.07. The fraction of sp³-hybridized carbons (Fsp3) is 1.00. The largest absolute Gasteiger partial charge is 0.472 e. The zero-order valence-corrected chi connectivity index (χ0v) is 9.36. The molecule has 0 aromatic rings. The molecule has 0 spiro atoms. The highest BCUT2D eigenvalue weighted by Crippen LogP contribution is 2.54. The standard InChI is InChI=1S/C8H15O5P/c1-5-7-6(12-8(5,2)3)4-11-14(9,10)13-7/h5-7H,4H2,1-3H3,(H,9,10)/t5-,6-,7+/m1/s1. The Hall–Kier alpha value is 0.0700. The van der Waals surface area contributed by atoms with Crippen LogP contribution in [0.15, 0.2) is 0 Å². The van der Waals surface area contributed by atoms with E-state index >= 15 is 0 Å². The molecule has 1 unspecified atom stereocenters. The number of rotatable bonds is 0. The minimum absolute atomic E-state index is 0.0804. The van der Waals surface area contributed by atoms with Gasteiger partial charge in [0.1, 0.15) is 12.2 Å². The zero-order valence-electron chi connectivity index (χ0n) is 8.47. The van der Waals surface area contributed by atoms with Crippen LogP contribution >= 0.6 is 7.82 Å². The molecule has 0 bridgehead atoms. The minimum atomic E-state index is -3.83. The van der Waals surface area contributed by atoms with E-state index in [-0.39, 0.29) is 30.3 Å². The number of phosphoric ester groups is 1. The van der Waals surface area contributed by atoms with E-state index < -0.39 is 7.82 Å². The Balaban J connectivity index is 2.20. The van der Waals surface area contributed by atoms with Crippen LogP contribution in [0.3, 0.4) is 0 Å². The van der Waals surface area contributed by atoms with Crippen molar-refractivity contribution in [1.82, 2.24) is 0 Å². The number of fused-ring (bicyclic) bond motifs is 1. The third-order valence-corrected chi connectivity index (χ3v) is 4.05. The van der Waals surface area contributed by atoms with E-state index in [0.29, 0.717) is 0 Å². The summed E-state index contributed by atoms with van der Waals surface area (Å²) >= 11 is 0. The molecule has 1 N–H and O–H groups in total. The highest BCUT2D eigenvalue weighted by atomic mass is 31.2. The molecule has 2 rings (SSSR count). The normalized spacial score (nSPS) is 51.6. The van der Waals surface area contributed by atoms with Crippen molar-refractivity contribution < 1.29 is 23.2 Å². The molecule has 2 saturated heterocycles. The van der Waals surface area contributed by atoms with Gasteiger partial charge >= 0.3 is 7.82 Å². The molecule has 0 aliphatic carbocycles. The first kappa shape index (κ1) is 10.6. The van der Waals surface area contributed by atoms with E-state index in [1.54, 1.807) is 0 Å². The fourth-order valence-electron chi connectivity index (χ4n) is 1.92. The SMILES string of the molecule is C[C@@H]1[C@@H]2OP(=O)(O)OC[C@H]2OC1(C)C. The van der Waals surface area contributed by atoms with Crippen LogP contribution in [0.5, 0.6) is 0 Å². The highest BCUT2D eigenvalue weighted by molar-refractivity contribution is 7.47. The van der Waals surface area contributed by atoms with E-state index in [1.165, 1.54) is 0 Å². The van der Waals surface area contributed by atoms with Crippen LogP contribution < -0.4 is 0 Å². The van der Waals surface area contributed by atoms with Crippen molar-refractivity contribution in [2.45, 2.75) is 38.6 Å². The fourth-order valence-corrected chi connectivity index (χ4v) is 2.94. The van der Waals surface area contributed by atoms with Gasteiger partial charge in [0.2, 0.25) is 0 Å². The lowest BCUT2D eigenvalue weighted by Crippen LogP contribution is -2.36. The van der Waals surface area contributed by atoms with Crippen LogP contribution in [-0.2, 0) is 18.3 Å². The molecule has 82 valence electrons. The van der Waals surface area contributed by atoms with Gasteiger partial charge in [0.25, 0.3) is 0 Å². The molecule has 2 aliphatic heterocycles. The molecule has 0 radical (unpaired) electrons. The van der Waals surface area contributed by atoms with Crippen LogP contribution in [0.4, 0.5) is 0 Å². The van der Waals surface area contributed by atoms with Crippen molar-refractivity contribution in [3.8, 4) is 0 Å². The van der Waals surface area contributed by atoms with Gasteiger partial charge in [0.15, 0.2) is 0 Å². The summed E-state index contributed by atoms with van der Waals surface area (Å²) in [6.07, 6.45) is -0.566. The van der Waals surface area contributed by atoms with Crippen molar-refractivity contribution in [3.63, 3.8) is 0 Å². The lowest BCUT2D eigenvalue weighted by atomic mass is 9.90. The quantitative estimate of drug-likeness (QED) is 0.626. The molecule has 5 nitrogen and oxygen atoms in total. The molecule has 0 aromatic carbocycles. The minimum Gasteiger partial charge on any atom is -0.367 e. The van der Waals surface area contributed by atoms with Crippen molar-refractivity contribution in [1.29, 1.82) is 0 Å². The summed E-state index contributed by atoms with van der Waals surface area (Å²) in [6, 6.07) is 0. The Morgan fingerprint density at radius 2 is 2.14 bits per heavy atom. The number of hydrogen-bond donors (Lipinski definition) is 1. The van der Waals surface area contributed by atoms with Gasteiger partial charge in [0.05, 0.1) is 12.2 Å². The van der Waals surface area contributed by atoms with E-state index in [1.807, 2.05) is 20.8 Å². The van der Waals surface area contributed by atoms with Crippen LogP contribution in [0.25, 0.3) is 0 Å². The average Bonchev–Trinajstić information content (AvgIpc) is 2.25. The molecule has 2 fully saturated rings. The summed E-state index contributed by atoms with van der Waals surface area (Å²) in [5.74, 6) is 0.0804. The monoisotopic (exact) mass is 222 g/mol. The lowest BCUT2D eigenvalue weighted by Gasteiger charge is -2.29. The van der Waals surface area contributed by atoms with Gasteiger partial charge in [-0.05, 0) is 13.8 Å². The van der Waals surface area contributed by atoms with Crippen molar-refractivity contribution in [2.75, 3.05) is 6.61 Å². The maximum atomic E-state index is 11.2. The second-order valence-electron chi connectivity index (χ2n) is 4.38. The Morgan fingerprint density at radius 3 is 2.79 bits per heavy atom. The van der Waals surface area contributed by atoms with Gasteiger partial charge in [-0.3, -0.25) is 9.05 Å². The molecular weight excluding hydrogens is 207 g/mol. The number of phosphoric acid groups is 1. The summed E-state index contributed by atoms with van der Waals surface area (Å²) in [4.78, 5) is 9.17. The summed E-state index contributed by atoms with van der Waals surface area (Å²) in [6.45, 7) is 5.98. The second kappa shape index (κ2) is 3.03. The third kappa shape index (κ3) is 1.64. The zero-order chi connectivity index (χ0) is 10.6.